The van der Waals surface area contributed by atoms with Crippen molar-refractivity contribution in [1.29, 1.82) is 0 Å². The molecule has 3 aromatic rings. The van der Waals surface area contributed by atoms with Crippen molar-refractivity contribution in [2.45, 2.75) is 85.5 Å². The zero-order valence-corrected chi connectivity index (χ0v) is 26.5. The summed E-state index contributed by atoms with van der Waals surface area (Å²) in [5, 5.41) is 0. The molecule has 2 aliphatic heterocycles. The molecule has 0 aromatic carbocycles. The fourth-order valence-corrected chi connectivity index (χ4v) is 6.39. The molecule has 8 bridgehead atoms. The van der Waals surface area contributed by atoms with Crippen LogP contribution in [0.15, 0.2) is 24.3 Å². The minimum Gasteiger partial charge on any atom is -0.469 e. The van der Waals surface area contributed by atoms with Crippen LogP contribution in [0.4, 0.5) is 0 Å². The quantitative estimate of drug-likeness (QED) is 0.279. The van der Waals surface area contributed by atoms with Crippen molar-refractivity contribution in [1.82, 2.24) is 19.9 Å². The summed E-state index contributed by atoms with van der Waals surface area (Å²) < 4.78 is 9.90. The summed E-state index contributed by atoms with van der Waals surface area (Å²) in [5.41, 5.74) is 14.2. The number of hydrogen-bond donors (Lipinski definition) is 2. The third kappa shape index (κ3) is 5.75. The average molecular weight is 583 g/mol. The molecule has 0 fully saturated rings. The Hall–Kier alpha value is -4.20. The van der Waals surface area contributed by atoms with Gasteiger partial charge in [-0.15, -0.1) is 0 Å². The number of carbonyl (C=O) groups is 2. The van der Waals surface area contributed by atoms with E-state index in [2.05, 4.69) is 75.8 Å². The second kappa shape index (κ2) is 12.2. The summed E-state index contributed by atoms with van der Waals surface area (Å²) in [4.78, 5) is 41.8. The Kier molecular flexibility index (Phi) is 8.58. The van der Waals surface area contributed by atoms with Gasteiger partial charge in [-0.3, -0.25) is 14.6 Å². The number of hydrogen-bond acceptors (Lipinski definition) is 6. The minimum atomic E-state index is -0.259. The highest BCUT2D eigenvalue weighted by atomic mass is 16.5. The summed E-state index contributed by atoms with van der Waals surface area (Å²) >= 11 is 0. The molecule has 43 heavy (non-hydrogen) atoms. The Balaban J connectivity index is 1.86. The molecule has 5 rings (SSSR count). The number of allylic oxidation sites excluding steroid dienone is 2. The molecule has 0 radical (unpaired) electrons. The highest BCUT2D eigenvalue weighted by molar-refractivity contribution is 5.94. The predicted molar refractivity (Wildman–Crippen MR) is 171 cm³/mol. The average Bonchev–Trinajstić information content (AvgIpc) is 3.64. The maximum Gasteiger partial charge on any atom is 0.305 e. The maximum absolute atomic E-state index is 12.2. The molecule has 2 aliphatic rings. The molecule has 2 N–H and O–H groups in total. The van der Waals surface area contributed by atoms with E-state index in [1.807, 2.05) is 0 Å². The van der Waals surface area contributed by atoms with Gasteiger partial charge in [0.2, 0.25) is 0 Å². The van der Waals surface area contributed by atoms with E-state index in [4.69, 9.17) is 19.4 Å². The van der Waals surface area contributed by atoms with Crippen LogP contribution in [0.25, 0.3) is 33.2 Å². The number of nitrogens with zero attached hydrogens (tertiary/aromatic N) is 2. The van der Waals surface area contributed by atoms with Crippen LogP contribution >= 0.6 is 0 Å². The predicted octanol–water partition coefficient (Wildman–Crippen LogP) is 7.53. The second-order valence-corrected chi connectivity index (χ2v) is 11.7. The number of aromatic amines is 2. The maximum atomic E-state index is 12.2. The van der Waals surface area contributed by atoms with E-state index in [0.29, 0.717) is 18.8 Å². The number of aryl methyl sites for hydroxylation is 4. The van der Waals surface area contributed by atoms with Crippen molar-refractivity contribution in [2.24, 2.45) is 0 Å². The third-order valence-electron chi connectivity index (χ3n) is 9.39. The standard InChI is InChI=1S/C35H42N4O4/c1-9-23-20(4)28-15-30-22(6)25(11-13-35(41)43-8)33(39-30)17-32-24(10-12-34(40)42-7)21(5)29(38-32)14-26-18(2)19(3)27(36-26)16-31(23)37-28/h14-17,20,23,36,39H,9-13H2,1-8H3. The Morgan fingerprint density at radius 1 is 0.744 bits per heavy atom. The Bertz CT molecular complexity index is 1790. The molecule has 3 aromatic heterocycles. The lowest BCUT2D eigenvalue weighted by Crippen LogP contribution is -2.02. The first kappa shape index (κ1) is 30.3. The summed E-state index contributed by atoms with van der Waals surface area (Å²) in [6, 6.07) is 8.52. The molecule has 2 atom stereocenters. The number of esters is 2. The van der Waals surface area contributed by atoms with Gasteiger partial charge in [0.1, 0.15) is 0 Å². The van der Waals surface area contributed by atoms with Crippen molar-refractivity contribution in [3.8, 4) is 0 Å². The van der Waals surface area contributed by atoms with Crippen molar-refractivity contribution in [2.75, 3.05) is 14.2 Å². The summed E-state index contributed by atoms with van der Waals surface area (Å²) in [6.07, 6.45) is 2.56. The molecule has 5 heterocycles. The van der Waals surface area contributed by atoms with Gasteiger partial charge in [-0.05, 0) is 105 Å². The van der Waals surface area contributed by atoms with Crippen LogP contribution in [0.2, 0.25) is 0 Å². The van der Waals surface area contributed by atoms with Crippen molar-refractivity contribution >= 4 is 45.2 Å². The van der Waals surface area contributed by atoms with Crippen molar-refractivity contribution in [3.05, 3.63) is 69.3 Å². The van der Waals surface area contributed by atoms with Crippen LogP contribution in [0, 0.1) is 20.8 Å². The SMILES string of the molecule is CCC1c2cc3[nH]c(cc4nc(cc5[nH]c(cc(n2)C1C)c(C)c5CCC(=O)OC)C(CCC(=O)OC)=C4C)c(C)c3C. The molecule has 0 amide bonds. The van der Waals surface area contributed by atoms with Gasteiger partial charge in [0, 0.05) is 58.1 Å². The van der Waals surface area contributed by atoms with Gasteiger partial charge in [0.25, 0.3) is 0 Å². The number of fused-ring (bicyclic) bond motifs is 8. The molecule has 0 aliphatic carbocycles. The second-order valence-electron chi connectivity index (χ2n) is 11.7. The van der Waals surface area contributed by atoms with E-state index in [1.54, 1.807) is 0 Å². The zero-order chi connectivity index (χ0) is 31.0. The van der Waals surface area contributed by atoms with Gasteiger partial charge in [-0.2, -0.15) is 0 Å². The van der Waals surface area contributed by atoms with Gasteiger partial charge in [-0.1, -0.05) is 13.8 Å². The topological polar surface area (TPSA) is 110 Å². The number of ether oxygens (including phenoxy) is 2. The van der Waals surface area contributed by atoms with E-state index >= 15 is 0 Å². The van der Waals surface area contributed by atoms with Gasteiger partial charge < -0.3 is 19.4 Å². The highest BCUT2D eigenvalue weighted by Gasteiger charge is 2.28. The number of methoxy groups -OCH3 is 2. The van der Waals surface area contributed by atoms with Crippen LogP contribution in [0.1, 0.15) is 103 Å². The lowest BCUT2D eigenvalue weighted by Gasteiger charge is -2.12. The molecule has 8 nitrogen and oxygen atoms in total. The molecule has 0 spiro atoms. The number of carbonyl (C=O) groups excluding carboxylic acids is 2. The molecular weight excluding hydrogens is 540 g/mol. The molecule has 0 saturated heterocycles. The normalized spacial score (nSPS) is 16.5. The first-order valence-corrected chi connectivity index (χ1v) is 15.1. The smallest absolute Gasteiger partial charge is 0.305 e. The number of rotatable bonds is 7. The lowest BCUT2D eigenvalue weighted by atomic mass is 9.89. The van der Waals surface area contributed by atoms with Crippen LogP contribution in [-0.2, 0) is 25.5 Å². The zero-order valence-electron chi connectivity index (χ0n) is 26.5. The van der Waals surface area contributed by atoms with Crippen LogP contribution < -0.4 is 0 Å². The first-order chi connectivity index (χ1) is 20.6. The van der Waals surface area contributed by atoms with E-state index in [1.165, 1.54) is 25.3 Å². The van der Waals surface area contributed by atoms with Gasteiger partial charge >= 0.3 is 11.9 Å². The van der Waals surface area contributed by atoms with E-state index in [9.17, 15) is 9.59 Å². The van der Waals surface area contributed by atoms with Gasteiger partial charge in [0.05, 0.1) is 25.6 Å². The van der Waals surface area contributed by atoms with E-state index in [0.717, 1.165) is 73.5 Å². The van der Waals surface area contributed by atoms with Crippen molar-refractivity contribution in [3.63, 3.8) is 0 Å². The minimum absolute atomic E-state index is 0.251. The largest absolute Gasteiger partial charge is 0.469 e. The van der Waals surface area contributed by atoms with Crippen molar-refractivity contribution < 1.29 is 19.1 Å². The third-order valence-corrected chi connectivity index (χ3v) is 9.39. The molecule has 2 unspecified atom stereocenters. The molecule has 226 valence electrons. The molecular formula is C35H42N4O4. The van der Waals surface area contributed by atoms with Crippen LogP contribution in [0.5, 0.6) is 0 Å². The van der Waals surface area contributed by atoms with E-state index < -0.39 is 0 Å². The Labute approximate surface area is 253 Å². The monoisotopic (exact) mass is 582 g/mol. The number of aromatic nitrogens is 4. The number of H-pyrrole nitrogens is 2. The summed E-state index contributed by atoms with van der Waals surface area (Å²) in [7, 11) is 2.83. The van der Waals surface area contributed by atoms with Gasteiger partial charge in [0.15, 0.2) is 0 Å². The Morgan fingerprint density at radius 2 is 1.30 bits per heavy atom. The van der Waals surface area contributed by atoms with Gasteiger partial charge in [-0.25, -0.2) is 4.98 Å². The highest BCUT2D eigenvalue weighted by Crippen LogP contribution is 2.40. The van der Waals surface area contributed by atoms with E-state index in [-0.39, 0.29) is 30.7 Å². The summed E-state index contributed by atoms with van der Waals surface area (Å²) in [6.45, 7) is 12.9. The van der Waals surface area contributed by atoms with Crippen LogP contribution in [0.3, 0.4) is 0 Å². The fraction of sp³-hybridized carbons (Fsp3) is 0.429. The lowest BCUT2D eigenvalue weighted by molar-refractivity contribution is -0.141. The number of nitrogens with one attached hydrogen (secondary N) is 2. The Morgan fingerprint density at radius 3 is 1.95 bits per heavy atom. The first-order valence-electron chi connectivity index (χ1n) is 15.1. The molecule has 0 saturated carbocycles. The fourth-order valence-electron chi connectivity index (χ4n) is 6.39. The molecule has 8 heteroatoms. The summed E-state index contributed by atoms with van der Waals surface area (Å²) in [5.74, 6) is 0.0645. The van der Waals surface area contributed by atoms with Crippen LogP contribution in [-0.4, -0.2) is 46.1 Å².